The van der Waals surface area contributed by atoms with Gasteiger partial charge < -0.3 is 10.3 Å². The van der Waals surface area contributed by atoms with Crippen LogP contribution in [0.4, 0.5) is 0 Å². The number of aromatic nitrogens is 1. The number of aryl methyl sites for hydroxylation is 2. The molecule has 1 aromatic rings. The van der Waals surface area contributed by atoms with Crippen LogP contribution in [0.15, 0.2) is 12.4 Å². The van der Waals surface area contributed by atoms with Crippen LogP contribution in [0, 0.1) is 5.41 Å². The number of nitrogens with two attached hydrogens (primary N) is 1. The van der Waals surface area contributed by atoms with Gasteiger partial charge in [0.05, 0.1) is 0 Å². The van der Waals surface area contributed by atoms with E-state index >= 15 is 0 Å². The molecule has 1 spiro atoms. The second-order valence-corrected chi connectivity index (χ2v) is 5.40. The van der Waals surface area contributed by atoms with Crippen LogP contribution < -0.4 is 5.73 Å². The zero-order chi connectivity index (χ0) is 10.5. The Morgan fingerprint density at radius 3 is 2.87 bits per heavy atom. The first-order valence-corrected chi connectivity index (χ1v) is 6.10. The Morgan fingerprint density at radius 2 is 2.20 bits per heavy atom. The molecule has 0 aliphatic heterocycles. The summed E-state index contributed by atoms with van der Waals surface area (Å²) in [5, 5.41) is 0. The fourth-order valence-electron chi connectivity index (χ4n) is 3.46. The van der Waals surface area contributed by atoms with Crippen molar-refractivity contribution in [1.82, 2.24) is 4.57 Å². The zero-order valence-corrected chi connectivity index (χ0v) is 9.50. The Bertz CT molecular complexity index is 374. The monoisotopic (exact) mass is 204 g/mol. The van der Waals surface area contributed by atoms with Crippen LogP contribution in [0.2, 0.25) is 0 Å². The minimum absolute atomic E-state index is 0.660. The van der Waals surface area contributed by atoms with Gasteiger partial charge in [-0.25, -0.2) is 0 Å². The summed E-state index contributed by atoms with van der Waals surface area (Å²) in [6.45, 7) is 0.834. The van der Waals surface area contributed by atoms with Gasteiger partial charge in [0.15, 0.2) is 0 Å². The summed E-state index contributed by atoms with van der Waals surface area (Å²) in [6, 6.07) is 0. The highest BCUT2D eigenvalue weighted by molar-refractivity contribution is 5.35. The number of hydrogen-bond acceptors (Lipinski definition) is 1. The first-order valence-electron chi connectivity index (χ1n) is 6.10. The van der Waals surface area contributed by atoms with Crippen LogP contribution in [-0.4, -0.2) is 11.1 Å². The molecule has 2 aliphatic rings. The topological polar surface area (TPSA) is 30.9 Å². The van der Waals surface area contributed by atoms with Crippen LogP contribution in [0.3, 0.4) is 0 Å². The average molecular weight is 204 g/mol. The molecule has 2 aliphatic carbocycles. The predicted molar refractivity (Wildman–Crippen MR) is 61.8 cm³/mol. The fraction of sp³-hybridized carbons (Fsp3) is 0.692. The molecular weight excluding hydrogens is 184 g/mol. The number of fused-ring (bicyclic) bond motifs is 1. The largest absolute Gasteiger partial charge is 0.357 e. The third-order valence-corrected chi connectivity index (χ3v) is 4.43. The van der Waals surface area contributed by atoms with Crippen molar-refractivity contribution in [2.24, 2.45) is 18.2 Å². The molecule has 1 saturated carbocycles. The third-order valence-electron chi connectivity index (χ3n) is 4.43. The second-order valence-electron chi connectivity index (χ2n) is 5.40. The first kappa shape index (κ1) is 9.46. The molecule has 0 bridgehead atoms. The summed E-state index contributed by atoms with van der Waals surface area (Å²) in [7, 11) is 2.14. The number of hydrogen-bond donors (Lipinski definition) is 1. The van der Waals surface area contributed by atoms with Crippen LogP contribution in [0.1, 0.15) is 42.7 Å². The molecule has 15 heavy (non-hydrogen) atoms. The summed E-state index contributed by atoms with van der Waals surface area (Å²) in [4.78, 5) is 0. The van der Waals surface area contributed by atoms with E-state index in [4.69, 9.17) is 5.73 Å². The first-order chi connectivity index (χ1) is 7.25. The van der Waals surface area contributed by atoms with Gasteiger partial charge in [0.25, 0.3) is 0 Å². The molecule has 3 rings (SSSR count). The van der Waals surface area contributed by atoms with Crippen molar-refractivity contribution in [3.63, 3.8) is 0 Å². The number of nitrogens with zero attached hydrogens (tertiary/aromatic N) is 1. The highest BCUT2D eigenvalue weighted by Gasteiger charge is 2.51. The van der Waals surface area contributed by atoms with E-state index in [1.807, 2.05) is 0 Å². The maximum absolute atomic E-state index is 5.77. The molecular formula is C13H20N2. The summed E-state index contributed by atoms with van der Waals surface area (Å²) >= 11 is 0. The highest BCUT2D eigenvalue weighted by atomic mass is 14.9. The van der Waals surface area contributed by atoms with Crippen LogP contribution in [-0.2, 0) is 13.5 Å². The van der Waals surface area contributed by atoms with Gasteiger partial charge in [-0.05, 0) is 61.1 Å². The molecule has 2 N–H and O–H groups in total. The highest BCUT2D eigenvalue weighted by Crippen LogP contribution is 2.62. The molecule has 2 heteroatoms. The van der Waals surface area contributed by atoms with Crippen LogP contribution in [0.25, 0.3) is 0 Å². The smallest absolute Gasteiger partial charge is 0.0106 e. The van der Waals surface area contributed by atoms with E-state index in [0.717, 1.165) is 12.5 Å². The molecule has 0 radical (unpaired) electrons. The Morgan fingerprint density at radius 1 is 1.40 bits per heavy atom. The lowest BCUT2D eigenvalue weighted by molar-refractivity contribution is 0.335. The van der Waals surface area contributed by atoms with Gasteiger partial charge in [-0.15, -0.1) is 0 Å². The van der Waals surface area contributed by atoms with Gasteiger partial charge in [-0.3, -0.25) is 0 Å². The standard InChI is InChI=1S/C13H20N2/c1-15-8-10-2-4-13(5-6-13)12(3-7-14)11(10)9-15/h8-9,12H,2-7,14H2,1H3. The van der Waals surface area contributed by atoms with Gasteiger partial charge in [0.2, 0.25) is 0 Å². The average Bonchev–Trinajstić information content (AvgIpc) is 2.88. The minimum atomic E-state index is 0.660. The third kappa shape index (κ3) is 1.35. The zero-order valence-electron chi connectivity index (χ0n) is 9.50. The lowest BCUT2D eigenvalue weighted by atomic mass is 9.72. The fourth-order valence-corrected chi connectivity index (χ4v) is 3.46. The van der Waals surface area contributed by atoms with E-state index in [1.165, 1.54) is 32.1 Å². The SMILES string of the molecule is Cn1cc2c(c1)C(CCN)C1(CC2)CC1. The Labute approximate surface area is 91.5 Å². The summed E-state index contributed by atoms with van der Waals surface area (Å²) < 4.78 is 2.22. The van der Waals surface area contributed by atoms with Crippen molar-refractivity contribution in [3.8, 4) is 0 Å². The minimum Gasteiger partial charge on any atom is -0.357 e. The van der Waals surface area contributed by atoms with Crippen molar-refractivity contribution in [1.29, 1.82) is 0 Å². The second kappa shape index (κ2) is 3.11. The van der Waals surface area contributed by atoms with Gasteiger partial charge in [0.1, 0.15) is 0 Å². The normalized spacial score (nSPS) is 26.7. The van der Waals surface area contributed by atoms with E-state index in [-0.39, 0.29) is 0 Å². The van der Waals surface area contributed by atoms with Crippen molar-refractivity contribution in [3.05, 3.63) is 23.5 Å². The Balaban J connectivity index is 1.99. The van der Waals surface area contributed by atoms with Crippen molar-refractivity contribution >= 4 is 0 Å². The summed E-state index contributed by atoms with van der Waals surface area (Å²) in [5.41, 5.74) is 9.61. The van der Waals surface area contributed by atoms with Gasteiger partial charge in [-0.2, -0.15) is 0 Å². The van der Waals surface area contributed by atoms with E-state index in [9.17, 15) is 0 Å². The molecule has 0 saturated heterocycles. The predicted octanol–water partition coefficient (Wildman–Crippen LogP) is 2.18. The van der Waals surface area contributed by atoms with E-state index < -0.39 is 0 Å². The summed E-state index contributed by atoms with van der Waals surface area (Å²) in [5.74, 6) is 0.757. The molecule has 0 amide bonds. The van der Waals surface area contributed by atoms with Crippen molar-refractivity contribution in [2.45, 2.75) is 38.0 Å². The maximum Gasteiger partial charge on any atom is 0.0106 e. The Kier molecular flexibility index (Phi) is 1.96. The molecule has 1 heterocycles. The van der Waals surface area contributed by atoms with E-state index in [2.05, 4.69) is 24.0 Å². The van der Waals surface area contributed by atoms with Crippen molar-refractivity contribution in [2.75, 3.05) is 6.54 Å². The molecule has 0 aromatic carbocycles. The lowest BCUT2D eigenvalue weighted by Gasteiger charge is -2.32. The van der Waals surface area contributed by atoms with E-state index in [1.54, 1.807) is 11.1 Å². The summed E-state index contributed by atoms with van der Waals surface area (Å²) in [6.07, 6.45) is 11.4. The van der Waals surface area contributed by atoms with Crippen molar-refractivity contribution < 1.29 is 0 Å². The lowest BCUT2D eigenvalue weighted by Crippen LogP contribution is -2.23. The van der Waals surface area contributed by atoms with Crippen LogP contribution >= 0.6 is 0 Å². The molecule has 1 fully saturated rings. The maximum atomic E-state index is 5.77. The molecule has 1 atom stereocenters. The van der Waals surface area contributed by atoms with Crippen LogP contribution in [0.5, 0.6) is 0 Å². The Hall–Kier alpha value is -0.760. The van der Waals surface area contributed by atoms with E-state index in [0.29, 0.717) is 5.41 Å². The molecule has 82 valence electrons. The number of rotatable bonds is 2. The quantitative estimate of drug-likeness (QED) is 0.786. The molecule has 1 aromatic heterocycles. The molecule has 2 nitrogen and oxygen atoms in total. The van der Waals surface area contributed by atoms with Gasteiger partial charge in [0, 0.05) is 19.4 Å². The van der Waals surface area contributed by atoms with Gasteiger partial charge in [-0.1, -0.05) is 0 Å². The van der Waals surface area contributed by atoms with Gasteiger partial charge >= 0.3 is 0 Å². The molecule has 1 unspecified atom stereocenters.